The summed E-state index contributed by atoms with van der Waals surface area (Å²) in [6.07, 6.45) is -1.22. The molecular weight excluding hydrogens is 465 g/mol. The second-order valence-electron chi connectivity index (χ2n) is 8.18. The van der Waals surface area contributed by atoms with Gasteiger partial charge in [-0.1, -0.05) is 0 Å². The number of amides is 1. The summed E-state index contributed by atoms with van der Waals surface area (Å²) in [5.74, 6) is 1.12. The van der Waals surface area contributed by atoms with Crippen molar-refractivity contribution in [3.05, 3.63) is 53.9 Å². The van der Waals surface area contributed by atoms with Crippen molar-refractivity contribution in [2.24, 2.45) is 0 Å². The van der Waals surface area contributed by atoms with E-state index in [4.69, 9.17) is 14.2 Å². The summed E-state index contributed by atoms with van der Waals surface area (Å²) in [5, 5.41) is 10.0. The first kappa shape index (κ1) is 24.4. The second kappa shape index (κ2) is 10.2. The maximum Gasteiger partial charge on any atom is 0.417 e. The summed E-state index contributed by atoms with van der Waals surface area (Å²) in [6, 6.07) is 9.10. The summed E-state index contributed by atoms with van der Waals surface area (Å²) >= 11 is 0. The predicted octanol–water partition coefficient (Wildman–Crippen LogP) is 4.63. The Bertz CT molecular complexity index is 1160. The molecule has 1 amide bonds. The fourth-order valence-electron chi connectivity index (χ4n) is 3.97. The zero-order chi connectivity index (χ0) is 25.0. The third-order valence-electron chi connectivity index (χ3n) is 5.87. The van der Waals surface area contributed by atoms with Crippen molar-refractivity contribution >= 4 is 5.91 Å². The van der Waals surface area contributed by atoms with E-state index in [0.29, 0.717) is 54.1 Å². The highest BCUT2D eigenvalue weighted by atomic mass is 19.4. The molecule has 0 aliphatic heterocycles. The molecule has 2 aromatic heterocycles. The van der Waals surface area contributed by atoms with E-state index in [0.717, 1.165) is 12.3 Å². The SMILES string of the molecule is COc1ccc(OC)c(-c2cc(C(=O)NC3CCC(Oc4ccc(C(F)(F)F)cn4)CC3)[nH]n2)c1. The van der Waals surface area contributed by atoms with Crippen LogP contribution in [0.2, 0.25) is 0 Å². The van der Waals surface area contributed by atoms with Gasteiger partial charge in [0.15, 0.2) is 0 Å². The van der Waals surface area contributed by atoms with Gasteiger partial charge in [-0.25, -0.2) is 4.98 Å². The average Bonchev–Trinajstić information content (AvgIpc) is 3.35. The van der Waals surface area contributed by atoms with E-state index in [1.807, 2.05) is 0 Å². The lowest BCUT2D eigenvalue weighted by Crippen LogP contribution is -2.39. The number of halogens is 3. The van der Waals surface area contributed by atoms with Crippen LogP contribution in [0.25, 0.3) is 11.3 Å². The lowest BCUT2D eigenvalue weighted by atomic mass is 9.93. The maximum atomic E-state index is 12.7. The number of H-pyrrole nitrogens is 1. The lowest BCUT2D eigenvalue weighted by molar-refractivity contribution is -0.137. The van der Waals surface area contributed by atoms with Gasteiger partial charge >= 0.3 is 6.18 Å². The van der Waals surface area contributed by atoms with Crippen LogP contribution in [0.15, 0.2) is 42.6 Å². The summed E-state index contributed by atoms with van der Waals surface area (Å²) in [7, 11) is 3.12. The van der Waals surface area contributed by atoms with Gasteiger partial charge in [0.1, 0.15) is 23.3 Å². The van der Waals surface area contributed by atoms with Gasteiger partial charge in [-0.3, -0.25) is 9.89 Å². The first-order valence-corrected chi connectivity index (χ1v) is 11.1. The molecule has 1 fully saturated rings. The highest BCUT2D eigenvalue weighted by molar-refractivity contribution is 5.93. The minimum atomic E-state index is -4.43. The van der Waals surface area contributed by atoms with E-state index in [1.165, 1.54) is 6.07 Å². The van der Waals surface area contributed by atoms with Crippen molar-refractivity contribution in [1.82, 2.24) is 20.5 Å². The molecule has 1 aliphatic carbocycles. The molecule has 0 spiro atoms. The van der Waals surface area contributed by atoms with Crippen LogP contribution in [-0.4, -0.2) is 47.5 Å². The fourth-order valence-corrected chi connectivity index (χ4v) is 3.97. The molecule has 1 aliphatic rings. The molecule has 1 saturated carbocycles. The van der Waals surface area contributed by atoms with E-state index < -0.39 is 11.7 Å². The van der Waals surface area contributed by atoms with Crippen molar-refractivity contribution in [3.63, 3.8) is 0 Å². The molecule has 0 unspecified atom stereocenters. The smallest absolute Gasteiger partial charge is 0.417 e. The standard InChI is InChI=1S/C24H25F3N4O4/c1-33-17-8-9-21(34-2)18(11-17)19-12-20(31-30-19)23(32)29-15-4-6-16(7-5-15)35-22-10-3-14(13-28-22)24(25,26)27/h3,8-13,15-16H,4-7H2,1-2H3,(H,29,32)(H,30,31). The summed E-state index contributed by atoms with van der Waals surface area (Å²) in [5.41, 5.74) is 0.740. The number of rotatable bonds is 7. The van der Waals surface area contributed by atoms with E-state index in [-0.39, 0.29) is 23.9 Å². The Hall–Kier alpha value is -3.76. The fraction of sp³-hybridized carbons (Fsp3) is 0.375. The average molecular weight is 490 g/mol. The van der Waals surface area contributed by atoms with Crippen LogP contribution < -0.4 is 19.5 Å². The van der Waals surface area contributed by atoms with E-state index in [9.17, 15) is 18.0 Å². The molecule has 4 rings (SSSR count). The Kier molecular flexibility index (Phi) is 7.13. The van der Waals surface area contributed by atoms with Gasteiger partial charge in [0.2, 0.25) is 5.88 Å². The Morgan fingerprint density at radius 1 is 1.06 bits per heavy atom. The number of nitrogens with zero attached hydrogens (tertiary/aromatic N) is 2. The van der Waals surface area contributed by atoms with Crippen LogP contribution >= 0.6 is 0 Å². The second-order valence-corrected chi connectivity index (χ2v) is 8.18. The van der Waals surface area contributed by atoms with E-state index >= 15 is 0 Å². The van der Waals surface area contributed by atoms with Crippen molar-refractivity contribution < 1.29 is 32.2 Å². The quantitative estimate of drug-likeness (QED) is 0.501. The van der Waals surface area contributed by atoms with E-state index in [2.05, 4.69) is 20.5 Å². The van der Waals surface area contributed by atoms with Gasteiger partial charge < -0.3 is 19.5 Å². The predicted molar refractivity (Wildman–Crippen MR) is 121 cm³/mol. The maximum absolute atomic E-state index is 12.7. The van der Waals surface area contributed by atoms with E-state index in [1.54, 1.807) is 38.5 Å². The van der Waals surface area contributed by atoms with Crippen molar-refractivity contribution in [1.29, 1.82) is 0 Å². The van der Waals surface area contributed by atoms with Crippen LogP contribution in [0.3, 0.4) is 0 Å². The van der Waals surface area contributed by atoms with Crippen molar-refractivity contribution in [3.8, 4) is 28.6 Å². The molecule has 2 N–H and O–H groups in total. The zero-order valence-electron chi connectivity index (χ0n) is 19.2. The molecule has 0 saturated heterocycles. The number of ether oxygens (including phenoxy) is 3. The number of aromatic nitrogens is 3. The Morgan fingerprint density at radius 3 is 2.46 bits per heavy atom. The molecule has 186 valence electrons. The number of hydrogen-bond donors (Lipinski definition) is 2. The Morgan fingerprint density at radius 2 is 1.83 bits per heavy atom. The first-order valence-electron chi connectivity index (χ1n) is 11.1. The summed E-state index contributed by atoms with van der Waals surface area (Å²) in [4.78, 5) is 16.5. The zero-order valence-corrected chi connectivity index (χ0v) is 19.2. The van der Waals surface area contributed by atoms with Gasteiger partial charge in [-0.15, -0.1) is 0 Å². The highest BCUT2D eigenvalue weighted by Gasteiger charge is 2.31. The number of carbonyl (C=O) groups is 1. The molecule has 0 bridgehead atoms. The molecule has 2 heterocycles. The van der Waals surface area contributed by atoms with Crippen LogP contribution in [0.1, 0.15) is 41.7 Å². The molecule has 0 atom stereocenters. The molecule has 1 aromatic carbocycles. The number of alkyl halides is 3. The van der Waals surface area contributed by atoms with Gasteiger partial charge in [0.25, 0.3) is 5.91 Å². The summed E-state index contributed by atoms with van der Waals surface area (Å²) < 4.78 is 54.4. The molecule has 0 radical (unpaired) electrons. The monoisotopic (exact) mass is 490 g/mol. The number of pyridine rings is 1. The third-order valence-corrected chi connectivity index (χ3v) is 5.87. The largest absolute Gasteiger partial charge is 0.497 e. The van der Waals surface area contributed by atoms with Crippen LogP contribution in [0.4, 0.5) is 13.2 Å². The van der Waals surface area contributed by atoms with Crippen molar-refractivity contribution in [2.75, 3.05) is 14.2 Å². The number of nitrogens with one attached hydrogen (secondary N) is 2. The van der Waals surface area contributed by atoms with Gasteiger partial charge in [0, 0.05) is 23.9 Å². The highest BCUT2D eigenvalue weighted by Crippen LogP contribution is 2.33. The number of carbonyl (C=O) groups excluding carboxylic acids is 1. The minimum Gasteiger partial charge on any atom is -0.497 e. The number of benzene rings is 1. The van der Waals surface area contributed by atoms with Crippen LogP contribution in [0.5, 0.6) is 17.4 Å². The Balaban J connectivity index is 1.31. The molecular formula is C24H25F3N4O4. The molecule has 11 heteroatoms. The van der Waals surface area contributed by atoms with Crippen molar-refractivity contribution in [2.45, 2.75) is 44.0 Å². The lowest BCUT2D eigenvalue weighted by Gasteiger charge is -2.29. The van der Waals surface area contributed by atoms with Gasteiger partial charge in [0.05, 0.1) is 25.5 Å². The molecule has 8 nitrogen and oxygen atoms in total. The molecule has 35 heavy (non-hydrogen) atoms. The number of methoxy groups -OCH3 is 2. The van der Waals surface area contributed by atoms with Gasteiger partial charge in [-0.05, 0) is 56.0 Å². The number of hydrogen-bond acceptors (Lipinski definition) is 6. The number of aromatic amines is 1. The summed E-state index contributed by atoms with van der Waals surface area (Å²) in [6.45, 7) is 0. The normalized spacial score (nSPS) is 18.1. The van der Waals surface area contributed by atoms with Crippen LogP contribution in [-0.2, 0) is 6.18 Å². The third kappa shape index (κ3) is 5.84. The first-order chi connectivity index (χ1) is 16.8. The topological polar surface area (TPSA) is 98.4 Å². The van der Waals surface area contributed by atoms with Gasteiger partial charge in [-0.2, -0.15) is 18.3 Å². The van der Waals surface area contributed by atoms with Crippen LogP contribution in [0, 0.1) is 0 Å². The molecule has 3 aromatic rings. The minimum absolute atomic E-state index is 0.0546. The Labute approximate surface area is 199 Å².